The van der Waals surface area contributed by atoms with Crippen LogP contribution >= 0.6 is 11.3 Å². The molecule has 0 atom stereocenters. The van der Waals surface area contributed by atoms with Gasteiger partial charge in [0, 0.05) is 37.0 Å². The average molecular weight is 398 g/mol. The molecule has 0 N–H and O–H groups in total. The minimum absolute atomic E-state index is 0.00840. The van der Waals surface area contributed by atoms with Crippen molar-refractivity contribution in [3.8, 4) is 17.3 Å². The molecule has 28 heavy (non-hydrogen) atoms. The van der Waals surface area contributed by atoms with Crippen LogP contribution in [0, 0.1) is 0 Å². The number of hydrogen-bond donors (Lipinski definition) is 0. The first kappa shape index (κ1) is 18.6. The molecule has 1 amide bonds. The van der Waals surface area contributed by atoms with Crippen LogP contribution in [0.25, 0.3) is 11.4 Å². The Hall–Kier alpha value is -2.74. The van der Waals surface area contributed by atoms with Gasteiger partial charge in [0.05, 0.1) is 11.7 Å². The third-order valence-electron chi connectivity index (χ3n) is 4.54. The summed E-state index contributed by atoms with van der Waals surface area (Å²) >= 11 is 1.77. The van der Waals surface area contributed by atoms with E-state index in [9.17, 15) is 4.79 Å². The Labute approximate surface area is 167 Å². The van der Waals surface area contributed by atoms with Gasteiger partial charge in [-0.2, -0.15) is 4.98 Å². The number of carbonyl (C=O) groups excluding carboxylic acids is 1. The number of rotatable bonds is 6. The number of amides is 1. The summed E-state index contributed by atoms with van der Waals surface area (Å²) in [7, 11) is 0. The third-order valence-corrected chi connectivity index (χ3v) is 5.56. The molecule has 4 rings (SSSR count). The van der Waals surface area contributed by atoms with Gasteiger partial charge in [-0.25, -0.2) is 4.98 Å². The predicted molar refractivity (Wildman–Crippen MR) is 105 cm³/mol. The SMILES string of the molecule is CC(C)Oc1ncccc1-c1noc(CCC(=O)N2CCc3sccc3C2)n1. The van der Waals surface area contributed by atoms with Gasteiger partial charge in [-0.1, -0.05) is 5.16 Å². The molecule has 3 aromatic rings. The van der Waals surface area contributed by atoms with Crippen molar-refractivity contribution in [3.05, 3.63) is 46.1 Å². The Morgan fingerprint density at radius 1 is 1.39 bits per heavy atom. The zero-order valence-corrected chi connectivity index (χ0v) is 16.7. The van der Waals surface area contributed by atoms with Crippen molar-refractivity contribution in [2.45, 2.75) is 45.8 Å². The predicted octanol–water partition coefficient (Wildman–Crippen LogP) is 3.50. The summed E-state index contributed by atoms with van der Waals surface area (Å²) in [6.07, 6.45) is 3.36. The van der Waals surface area contributed by atoms with E-state index in [2.05, 4.69) is 26.6 Å². The first-order valence-electron chi connectivity index (χ1n) is 9.38. The second-order valence-corrected chi connectivity index (χ2v) is 7.97. The Kier molecular flexibility index (Phi) is 5.38. The average Bonchev–Trinajstić information content (AvgIpc) is 3.34. The molecule has 0 saturated heterocycles. The maximum absolute atomic E-state index is 12.6. The summed E-state index contributed by atoms with van der Waals surface area (Å²) in [4.78, 5) is 24.5. The lowest BCUT2D eigenvalue weighted by molar-refractivity contribution is -0.132. The van der Waals surface area contributed by atoms with E-state index in [0.29, 0.717) is 42.5 Å². The van der Waals surface area contributed by atoms with Gasteiger partial charge in [-0.3, -0.25) is 4.79 Å². The van der Waals surface area contributed by atoms with Crippen LogP contribution in [0.3, 0.4) is 0 Å². The Morgan fingerprint density at radius 2 is 2.29 bits per heavy atom. The molecule has 0 bridgehead atoms. The summed E-state index contributed by atoms with van der Waals surface area (Å²) in [5, 5.41) is 6.13. The number of thiophene rings is 1. The summed E-state index contributed by atoms with van der Waals surface area (Å²) in [6.45, 7) is 5.34. The van der Waals surface area contributed by atoms with E-state index in [1.165, 1.54) is 10.4 Å². The minimum atomic E-state index is -0.00840. The maximum atomic E-state index is 12.6. The van der Waals surface area contributed by atoms with Crippen LogP contribution in [-0.2, 0) is 24.2 Å². The van der Waals surface area contributed by atoms with Crippen molar-refractivity contribution in [2.75, 3.05) is 6.54 Å². The number of pyridine rings is 1. The zero-order valence-electron chi connectivity index (χ0n) is 15.9. The number of fused-ring (bicyclic) bond motifs is 1. The first-order valence-corrected chi connectivity index (χ1v) is 10.3. The standard InChI is InChI=1S/C20H22N4O3S/c1-13(2)26-20-15(4-3-9-21-20)19-22-17(27-23-19)5-6-18(25)24-10-7-16-14(12-24)8-11-28-16/h3-4,8-9,11,13H,5-7,10,12H2,1-2H3. The van der Waals surface area contributed by atoms with Gasteiger partial charge in [0.15, 0.2) is 0 Å². The largest absolute Gasteiger partial charge is 0.474 e. The summed E-state index contributed by atoms with van der Waals surface area (Å²) in [5.41, 5.74) is 1.94. The fourth-order valence-corrected chi connectivity index (χ4v) is 4.07. The molecule has 8 heteroatoms. The number of carbonyl (C=O) groups is 1. The Bertz CT molecular complexity index is 966. The van der Waals surface area contributed by atoms with Gasteiger partial charge >= 0.3 is 0 Å². The molecule has 0 saturated carbocycles. The lowest BCUT2D eigenvalue weighted by atomic mass is 10.1. The number of ether oxygens (including phenoxy) is 1. The van der Waals surface area contributed by atoms with Gasteiger partial charge in [0.2, 0.25) is 23.5 Å². The van der Waals surface area contributed by atoms with Crippen LogP contribution in [-0.4, -0.2) is 38.6 Å². The fraction of sp³-hybridized carbons (Fsp3) is 0.400. The van der Waals surface area contributed by atoms with Crippen LogP contribution in [0.2, 0.25) is 0 Å². The highest BCUT2D eigenvalue weighted by Crippen LogP contribution is 2.27. The highest BCUT2D eigenvalue weighted by molar-refractivity contribution is 7.10. The summed E-state index contributed by atoms with van der Waals surface area (Å²) in [5.74, 6) is 1.45. The van der Waals surface area contributed by atoms with E-state index in [1.807, 2.05) is 24.8 Å². The molecular formula is C20H22N4O3S. The molecule has 7 nitrogen and oxygen atoms in total. The highest BCUT2D eigenvalue weighted by Gasteiger charge is 2.22. The quantitative estimate of drug-likeness (QED) is 0.632. The van der Waals surface area contributed by atoms with Crippen LogP contribution in [0.4, 0.5) is 0 Å². The molecule has 4 heterocycles. The minimum Gasteiger partial charge on any atom is -0.474 e. The van der Waals surface area contributed by atoms with Crippen molar-refractivity contribution >= 4 is 17.2 Å². The molecule has 0 radical (unpaired) electrons. The van der Waals surface area contributed by atoms with E-state index < -0.39 is 0 Å². The van der Waals surface area contributed by atoms with E-state index in [-0.39, 0.29) is 12.0 Å². The van der Waals surface area contributed by atoms with Crippen LogP contribution in [0.1, 0.15) is 36.6 Å². The van der Waals surface area contributed by atoms with Crippen molar-refractivity contribution < 1.29 is 14.1 Å². The molecule has 0 fully saturated rings. The summed E-state index contributed by atoms with van der Waals surface area (Å²) < 4.78 is 11.1. The molecule has 0 aromatic carbocycles. The lowest BCUT2D eigenvalue weighted by Gasteiger charge is -2.26. The molecule has 146 valence electrons. The number of aryl methyl sites for hydroxylation is 1. The maximum Gasteiger partial charge on any atom is 0.227 e. The second-order valence-electron chi connectivity index (χ2n) is 6.97. The van der Waals surface area contributed by atoms with Gasteiger partial charge < -0.3 is 14.2 Å². The molecule has 1 aliphatic rings. The van der Waals surface area contributed by atoms with Crippen LogP contribution < -0.4 is 4.74 Å². The molecule has 1 aliphatic heterocycles. The Morgan fingerprint density at radius 3 is 3.14 bits per heavy atom. The smallest absolute Gasteiger partial charge is 0.227 e. The van der Waals surface area contributed by atoms with E-state index in [4.69, 9.17) is 9.26 Å². The number of hydrogen-bond acceptors (Lipinski definition) is 7. The Balaban J connectivity index is 1.39. The number of nitrogens with zero attached hydrogens (tertiary/aromatic N) is 4. The van der Waals surface area contributed by atoms with Crippen molar-refractivity contribution in [1.29, 1.82) is 0 Å². The zero-order chi connectivity index (χ0) is 19.5. The second kappa shape index (κ2) is 8.10. The molecular weight excluding hydrogens is 376 g/mol. The lowest BCUT2D eigenvalue weighted by Crippen LogP contribution is -2.35. The third kappa shape index (κ3) is 4.06. The normalized spacial score (nSPS) is 13.6. The molecule has 0 aliphatic carbocycles. The van der Waals surface area contributed by atoms with Crippen molar-refractivity contribution in [3.63, 3.8) is 0 Å². The monoisotopic (exact) mass is 398 g/mol. The van der Waals surface area contributed by atoms with E-state index in [0.717, 1.165) is 13.0 Å². The van der Waals surface area contributed by atoms with Gasteiger partial charge in [-0.15, -0.1) is 11.3 Å². The first-order chi connectivity index (χ1) is 13.6. The highest BCUT2D eigenvalue weighted by atomic mass is 32.1. The van der Waals surface area contributed by atoms with Crippen molar-refractivity contribution in [2.24, 2.45) is 0 Å². The van der Waals surface area contributed by atoms with Gasteiger partial charge in [0.25, 0.3) is 0 Å². The van der Waals surface area contributed by atoms with Gasteiger partial charge in [0.1, 0.15) is 0 Å². The topological polar surface area (TPSA) is 81.3 Å². The van der Waals surface area contributed by atoms with E-state index in [1.54, 1.807) is 23.6 Å². The molecule has 0 spiro atoms. The van der Waals surface area contributed by atoms with E-state index >= 15 is 0 Å². The van der Waals surface area contributed by atoms with Gasteiger partial charge in [-0.05, 0) is 49.4 Å². The molecule has 3 aromatic heterocycles. The number of aromatic nitrogens is 3. The summed E-state index contributed by atoms with van der Waals surface area (Å²) in [6, 6.07) is 5.75. The van der Waals surface area contributed by atoms with Crippen LogP contribution in [0.5, 0.6) is 5.88 Å². The van der Waals surface area contributed by atoms with Crippen LogP contribution in [0.15, 0.2) is 34.3 Å². The van der Waals surface area contributed by atoms with Crippen molar-refractivity contribution in [1.82, 2.24) is 20.0 Å². The molecule has 0 unspecified atom stereocenters. The fourth-order valence-electron chi connectivity index (χ4n) is 3.18.